The molecule has 0 aliphatic rings. The smallest absolute Gasteiger partial charge is 0.257 e. The van der Waals surface area contributed by atoms with Crippen molar-refractivity contribution >= 4 is 17.3 Å². The van der Waals surface area contributed by atoms with Gasteiger partial charge in [-0.25, -0.2) is 0 Å². The summed E-state index contributed by atoms with van der Waals surface area (Å²) in [5.74, 6) is -0.172. The molecule has 0 fully saturated rings. The van der Waals surface area contributed by atoms with Gasteiger partial charge in [0.25, 0.3) is 5.91 Å². The SMILES string of the molecule is CCCc1ccc(NC(=O)c2cc(C)ccc2N)cc1. The molecule has 0 spiro atoms. The molecular formula is C17H20N2O. The molecule has 0 atom stereocenters. The topological polar surface area (TPSA) is 55.1 Å². The molecule has 0 saturated carbocycles. The predicted molar refractivity (Wildman–Crippen MR) is 84.0 cm³/mol. The van der Waals surface area contributed by atoms with Crippen molar-refractivity contribution in [1.29, 1.82) is 0 Å². The van der Waals surface area contributed by atoms with Crippen molar-refractivity contribution in [2.75, 3.05) is 11.1 Å². The summed E-state index contributed by atoms with van der Waals surface area (Å²) in [6, 6.07) is 13.4. The van der Waals surface area contributed by atoms with Crippen LogP contribution < -0.4 is 11.1 Å². The first-order chi connectivity index (χ1) is 9.60. The molecular weight excluding hydrogens is 248 g/mol. The summed E-state index contributed by atoms with van der Waals surface area (Å²) in [6.45, 7) is 4.09. The van der Waals surface area contributed by atoms with Crippen molar-refractivity contribution in [3.63, 3.8) is 0 Å². The molecule has 2 aromatic carbocycles. The molecule has 0 heterocycles. The van der Waals surface area contributed by atoms with E-state index < -0.39 is 0 Å². The van der Waals surface area contributed by atoms with Crippen molar-refractivity contribution in [3.8, 4) is 0 Å². The van der Waals surface area contributed by atoms with Crippen LogP contribution >= 0.6 is 0 Å². The molecule has 2 aromatic rings. The van der Waals surface area contributed by atoms with Gasteiger partial charge in [0.2, 0.25) is 0 Å². The maximum atomic E-state index is 12.2. The van der Waals surface area contributed by atoms with E-state index in [9.17, 15) is 4.79 Å². The van der Waals surface area contributed by atoms with E-state index in [4.69, 9.17) is 5.73 Å². The van der Waals surface area contributed by atoms with Gasteiger partial charge >= 0.3 is 0 Å². The van der Waals surface area contributed by atoms with Crippen molar-refractivity contribution in [3.05, 3.63) is 59.2 Å². The van der Waals surface area contributed by atoms with Crippen molar-refractivity contribution < 1.29 is 4.79 Å². The maximum Gasteiger partial charge on any atom is 0.257 e. The number of rotatable bonds is 4. The number of hydrogen-bond donors (Lipinski definition) is 2. The second kappa shape index (κ2) is 6.24. The normalized spacial score (nSPS) is 10.3. The zero-order valence-corrected chi connectivity index (χ0v) is 11.9. The minimum absolute atomic E-state index is 0.172. The number of nitrogens with one attached hydrogen (secondary N) is 1. The van der Waals surface area contributed by atoms with Crippen LogP contribution in [0.3, 0.4) is 0 Å². The van der Waals surface area contributed by atoms with E-state index in [2.05, 4.69) is 12.2 Å². The van der Waals surface area contributed by atoms with Gasteiger partial charge in [-0.2, -0.15) is 0 Å². The number of anilines is 2. The number of carbonyl (C=O) groups excluding carboxylic acids is 1. The molecule has 104 valence electrons. The van der Waals surface area contributed by atoms with E-state index in [-0.39, 0.29) is 5.91 Å². The van der Waals surface area contributed by atoms with Gasteiger partial charge in [0.05, 0.1) is 5.56 Å². The number of nitrogen functional groups attached to an aromatic ring is 1. The second-order valence-electron chi connectivity index (χ2n) is 4.99. The van der Waals surface area contributed by atoms with E-state index in [0.717, 1.165) is 24.1 Å². The van der Waals surface area contributed by atoms with Crippen molar-refractivity contribution in [1.82, 2.24) is 0 Å². The number of hydrogen-bond acceptors (Lipinski definition) is 2. The Balaban J connectivity index is 2.13. The summed E-state index contributed by atoms with van der Waals surface area (Å²) in [4.78, 5) is 12.2. The van der Waals surface area contributed by atoms with E-state index in [1.807, 2.05) is 37.3 Å². The first kappa shape index (κ1) is 14.1. The molecule has 3 nitrogen and oxygen atoms in total. The summed E-state index contributed by atoms with van der Waals surface area (Å²) in [5.41, 5.74) is 9.94. The minimum atomic E-state index is -0.172. The lowest BCUT2D eigenvalue weighted by atomic mass is 10.1. The second-order valence-corrected chi connectivity index (χ2v) is 4.99. The van der Waals surface area contributed by atoms with Crippen LogP contribution in [-0.2, 0) is 6.42 Å². The molecule has 2 rings (SSSR count). The molecule has 0 bridgehead atoms. The Morgan fingerprint density at radius 2 is 1.85 bits per heavy atom. The number of amides is 1. The zero-order chi connectivity index (χ0) is 14.5. The van der Waals surface area contributed by atoms with Crippen LogP contribution in [0.1, 0.15) is 34.8 Å². The quantitative estimate of drug-likeness (QED) is 0.829. The average Bonchev–Trinajstić information content (AvgIpc) is 2.44. The zero-order valence-electron chi connectivity index (χ0n) is 11.9. The van der Waals surface area contributed by atoms with E-state index >= 15 is 0 Å². The number of nitrogens with two attached hydrogens (primary N) is 1. The van der Waals surface area contributed by atoms with Crippen LogP contribution in [-0.4, -0.2) is 5.91 Å². The maximum absolute atomic E-state index is 12.2. The van der Waals surface area contributed by atoms with Crippen LogP contribution in [0.15, 0.2) is 42.5 Å². The van der Waals surface area contributed by atoms with Gasteiger partial charge in [-0.1, -0.05) is 37.1 Å². The summed E-state index contributed by atoms with van der Waals surface area (Å²) < 4.78 is 0. The van der Waals surface area contributed by atoms with Gasteiger partial charge in [-0.3, -0.25) is 4.79 Å². The first-order valence-electron chi connectivity index (χ1n) is 6.86. The molecule has 3 N–H and O–H groups in total. The Morgan fingerprint density at radius 1 is 1.15 bits per heavy atom. The molecule has 0 aliphatic heterocycles. The number of aryl methyl sites for hydroxylation is 2. The summed E-state index contributed by atoms with van der Waals surface area (Å²) in [5, 5.41) is 2.88. The third-order valence-electron chi connectivity index (χ3n) is 3.20. The highest BCUT2D eigenvalue weighted by Gasteiger charge is 2.10. The monoisotopic (exact) mass is 268 g/mol. The fourth-order valence-corrected chi connectivity index (χ4v) is 2.11. The number of carbonyl (C=O) groups is 1. The van der Waals surface area contributed by atoms with Crippen molar-refractivity contribution in [2.45, 2.75) is 26.7 Å². The van der Waals surface area contributed by atoms with Crippen LogP contribution in [0.4, 0.5) is 11.4 Å². The Morgan fingerprint density at radius 3 is 2.50 bits per heavy atom. The van der Waals surface area contributed by atoms with Crippen LogP contribution in [0.25, 0.3) is 0 Å². The van der Waals surface area contributed by atoms with E-state index in [1.165, 1.54) is 5.56 Å². The fourth-order valence-electron chi connectivity index (χ4n) is 2.11. The highest BCUT2D eigenvalue weighted by molar-refractivity contribution is 6.07. The summed E-state index contributed by atoms with van der Waals surface area (Å²) in [6.07, 6.45) is 2.17. The Bertz CT molecular complexity index is 603. The van der Waals surface area contributed by atoms with Gasteiger partial charge in [-0.05, 0) is 43.2 Å². The number of benzene rings is 2. The standard InChI is InChI=1S/C17H20N2O/c1-3-4-13-6-8-14(9-7-13)19-17(20)15-11-12(2)5-10-16(15)18/h5-11H,3-4,18H2,1-2H3,(H,19,20). The van der Waals surface area contributed by atoms with Crippen LogP contribution in [0, 0.1) is 6.92 Å². The summed E-state index contributed by atoms with van der Waals surface area (Å²) in [7, 11) is 0. The lowest BCUT2D eigenvalue weighted by Gasteiger charge is -2.09. The predicted octanol–water partition coefficient (Wildman–Crippen LogP) is 3.78. The minimum Gasteiger partial charge on any atom is -0.398 e. The first-order valence-corrected chi connectivity index (χ1v) is 6.86. The molecule has 0 unspecified atom stereocenters. The fraction of sp³-hybridized carbons (Fsp3) is 0.235. The Kier molecular flexibility index (Phi) is 4.41. The van der Waals surface area contributed by atoms with Crippen LogP contribution in [0.5, 0.6) is 0 Å². The molecule has 0 radical (unpaired) electrons. The van der Waals surface area contributed by atoms with Crippen molar-refractivity contribution in [2.24, 2.45) is 0 Å². The lowest BCUT2D eigenvalue weighted by molar-refractivity contribution is 0.102. The van der Waals surface area contributed by atoms with E-state index in [0.29, 0.717) is 11.3 Å². The molecule has 0 aliphatic carbocycles. The van der Waals surface area contributed by atoms with Gasteiger partial charge in [-0.15, -0.1) is 0 Å². The van der Waals surface area contributed by atoms with Gasteiger partial charge < -0.3 is 11.1 Å². The molecule has 1 amide bonds. The van der Waals surface area contributed by atoms with Crippen LogP contribution in [0.2, 0.25) is 0 Å². The average molecular weight is 268 g/mol. The summed E-state index contributed by atoms with van der Waals surface area (Å²) >= 11 is 0. The highest BCUT2D eigenvalue weighted by Crippen LogP contribution is 2.17. The third kappa shape index (κ3) is 3.38. The third-order valence-corrected chi connectivity index (χ3v) is 3.20. The molecule has 20 heavy (non-hydrogen) atoms. The van der Waals surface area contributed by atoms with Gasteiger partial charge in [0.1, 0.15) is 0 Å². The molecule has 0 saturated heterocycles. The van der Waals surface area contributed by atoms with Gasteiger partial charge in [0, 0.05) is 11.4 Å². The van der Waals surface area contributed by atoms with Gasteiger partial charge in [0.15, 0.2) is 0 Å². The lowest BCUT2D eigenvalue weighted by Crippen LogP contribution is -2.14. The Hall–Kier alpha value is -2.29. The Labute approximate surface area is 119 Å². The highest BCUT2D eigenvalue weighted by atomic mass is 16.1. The molecule has 0 aromatic heterocycles. The van der Waals surface area contributed by atoms with E-state index in [1.54, 1.807) is 12.1 Å². The largest absolute Gasteiger partial charge is 0.398 e. The molecule has 3 heteroatoms.